The van der Waals surface area contributed by atoms with Crippen molar-refractivity contribution >= 4 is 0 Å². The van der Waals surface area contributed by atoms with Crippen LogP contribution in [0.2, 0.25) is 0 Å². The van der Waals surface area contributed by atoms with Gasteiger partial charge in [0.05, 0.1) is 11.7 Å². The summed E-state index contributed by atoms with van der Waals surface area (Å²) in [6, 6.07) is 7.83. The minimum Gasteiger partial charge on any atom is -0.490 e. The van der Waals surface area contributed by atoms with E-state index >= 15 is 0 Å². The Bertz CT molecular complexity index is 416. The Labute approximate surface area is 114 Å². The summed E-state index contributed by atoms with van der Waals surface area (Å²) in [6.07, 6.45) is 6.33. The Morgan fingerprint density at radius 2 is 1.79 bits per heavy atom. The predicted molar refractivity (Wildman–Crippen MR) is 73.3 cm³/mol. The van der Waals surface area contributed by atoms with Gasteiger partial charge in [0.15, 0.2) is 0 Å². The van der Waals surface area contributed by atoms with Crippen molar-refractivity contribution in [2.45, 2.75) is 56.3 Å². The van der Waals surface area contributed by atoms with Gasteiger partial charge >= 0.3 is 0 Å². The summed E-state index contributed by atoms with van der Waals surface area (Å²) in [7, 11) is 1.71. The minimum absolute atomic E-state index is 0.390. The van der Waals surface area contributed by atoms with E-state index in [1.165, 1.54) is 0 Å². The summed E-state index contributed by atoms with van der Waals surface area (Å²) in [5, 5.41) is 10.6. The molecular weight excluding hydrogens is 240 g/mol. The van der Waals surface area contributed by atoms with Gasteiger partial charge in [-0.05, 0) is 43.4 Å². The zero-order chi connectivity index (χ0) is 13.3. The van der Waals surface area contributed by atoms with Gasteiger partial charge in [-0.3, -0.25) is 0 Å². The summed E-state index contributed by atoms with van der Waals surface area (Å²) in [6.45, 7) is 0. The largest absolute Gasteiger partial charge is 0.490 e. The first-order chi connectivity index (χ1) is 9.23. The summed E-state index contributed by atoms with van der Waals surface area (Å²) in [5.41, 5.74) is 0.533. The molecule has 19 heavy (non-hydrogen) atoms. The number of benzene rings is 1. The average Bonchev–Trinajstić information content (AvgIpc) is 3.13. The van der Waals surface area contributed by atoms with Gasteiger partial charge in [0, 0.05) is 7.11 Å². The monoisotopic (exact) mass is 262 g/mol. The van der Waals surface area contributed by atoms with Crippen molar-refractivity contribution in [3.05, 3.63) is 29.8 Å². The maximum atomic E-state index is 10.6. The van der Waals surface area contributed by atoms with Crippen LogP contribution in [0.4, 0.5) is 0 Å². The topological polar surface area (TPSA) is 38.7 Å². The Balaban J connectivity index is 1.73. The number of hydrogen-bond donors (Lipinski definition) is 1. The number of ether oxygens (including phenoxy) is 2. The Morgan fingerprint density at radius 1 is 1.16 bits per heavy atom. The highest BCUT2D eigenvalue weighted by molar-refractivity contribution is 5.30. The molecule has 2 fully saturated rings. The maximum Gasteiger partial charge on any atom is 0.119 e. The lowest BCUT2D eigenvalue weighted by Gasteiger charge is -2.33. The van der Waals surface area contributed by atoms with Gasteiger partial charge < -0.3 is 14.6 Å². The van der Waals surface area contributed by atoms with Crippen molar-refractivity contribution in [2.24, 2.45) is 0 Å². The highest BCUT2D eigenvalue weighted by atomic mass is 16.5. The van der Waals surface area contributed by atoms with Gasteiger partial charge in [0.1, 0.15) is 11.9 Å². The van der Waals surface area contributed by atoms with Crippen molar-refractivity contribution < 1.29 is 14.6 Å². The van der Waals surface area contributed by atoms with E-state index in [2.05, 4.69) is 0 Å². The lowest BCUT2D eigenvalue weighted by Crippen LogP contribution is -2.35. The molecule has 2 aliphatic rings. The highest BCUT2D eigenvalue weighted by Gasteiger charge is 2.41. The molecule has 1 aromatic rings. The second kappa shape index (κ2) is 5.14. The van der Waals surface area contributed by atoms with Crippen LogP contribution in [0.1, 0.15) is 50.2 Å². The van der Waals surface area contributed by atoms with Crippen molar-refractivity contribution in [3.63, 3.8) is 0 Å². The molecule has 3 heteroatoms. The molecule has 3 nitrogen and oxygen atoms in total. The predicted octanol–water partition coefficient (Wildman–Crippen LogP) is 3.22. The molecule has 2 aliphatic carbocycles. The van der Waals surface area contributed by atoms with E-state index in [1.54, 1.807) is 7.11 Å². The third-order valence-electron chi connectivity index (χ3n) is 4.38. The van der Waals surface area contributed by atoms with Crippen LogP contribution < -0.4 is 4.74 Å². The standard InChI is InChI=1S/C16H22O3/c1-18-16(10-2-3-11-16)15(17)12-4-6-13(7-5-12)19-14-8-9-14/h4-7,14-15,17H,2-3,8-11H2,1H3. The molecule has 0 aliphatic heterocycles. The SMILES string of the molecule is COC1(C(O)c2ccc(OC3CC3)cc2)CCCC1. The van der Waals surface area contributed by atoms with E-state index in [-0.39, 0.29) is 0 Å². The second-order valence-corrected chi connectivity index (χ2v) is 5.76. The fourth-order valence-corrected chi connectivity index (χ4v) is 2.97. The van der Waals surface area contributed by atoms with E-state index in [9.17, 15) is 5.11 Å². The van der Waals surface area contributed by atoms with E-state index in [0.29, 0.717) is 6.10 Å². The lowest BCUT2D eigenvalue weighted by atomic mass is 9.89. The molecule has 0 spiro atoms. The number of methoxy groups -OCH3 is 1. The molecule has 2 saturated carbocycles. The Hall–Kier alpha value is -1.06. The van der Waals surface area contributed by atoms with Crippen LogP contribution in [0.5, 0.6) is 5.75 Å². The molecule has 1 N–H and O–H groups in total. The Kier molecular flexibility index (Phi) is 3.50. The molecule has 1 aromatic carbocycles. The Morgan fingerprint density at radius 3 is 2.32 bits per heavy atom. The van der Waals surface area contributed by atoms with E-state index in [1.807, 2.05) is 24.3 Å². The molecule has 0 saturated heterocycles. The van der Waals surface area contributed by atoms with Gasteiger partial charge in [-0.2, -0.15) is 0 Å². The molecule has 0 heterocycles. The summed E-state index contributed by atoms with van der Waals surface area (Å²) >= 11 is 0. The van der Waals surface area contributed by atoms with Crippen LogP contribution >= 0.6 is 0 Å². The first-order valence-corrected chi connectivity index (χ1v) is 7.23. The van der Waals surface area contributed by atoms with Crippen molar-refractivity contribution in [1.82, 2.24) is 0 Å². The highest BCUT2D eigenvalue weighted by Crippen LogP contribution is 2.42. The third kappa shape index (κ3) is 2.63. The van der Waals surface area contributed by atoms with E-state index < -0.39 is 11.7 Å². The minimum atomic E-state index is -0.546. The molecule has 0 aromatic heterocycles. The fraction of sp³-hybridized carbons (Fsp3) is 0.625. The van der Waals surface area contributed by atoms with Crippen LogP contribution in [0, 0.1) is 0 Å². The first-order valence-electron chi connectivity index (χ1n) is 7.23. The van der Waals surface area contributed by atoms with Crippen molar-refractivity contribution in [2.75, 3.05) is 7.11 Å². The van der Waals surface area contributed by atoms with Crippen LogP contribution in [-0.2, 0) is 4.74 Å². The molecule has 1 atom stereocenters. The lowest BCUT2D eigenvalue weighted by molar-refractivity contribution is -0.100. The number of hydrogen-bond acceptors (Lipinski definition) is 3. The van der Waals surface area contributed by atoms with Gasteiger partial charge in [0.25, 0.3) is 0 Å². The zero-order valence-electron chi connectivity index (χ0n) is 11.5. The fourth-order valence-electron chi connectivity index (χ4n) is 2.97. The first kappa shape index (κ1) is 12.9. The summed E-state index contributed by atoms with van der Waals surface area (Å²) in [5.74, 6) is 0.899. The van der Waals surface area contributed by atoms with Gasteiger partial charge in [0.2, 0.25) is 0 Å². The quantitative estimate of drug-likeness (QED) is 0.885. The second-order valence-electron chi connectivity index (χ2n) is 5.76. The molecule has 1 unspecified atom stereocenters. The number of rotatable bonds is 5. The van der Waals surface area contributed by atoms with Crippen molar-refractivity contribution in [3.8, 4) is 5.75 Å². The molecule has 0 radical (unpaired) electrons. The normalized spacial score (nSPS) is 23.3. The summed E-state index contributed by atoms with van der Waals surface area (Å²) < 4.78 is 11.4. The van der Waals surface area contributed by atoms with E-state index in [4.69, 9.17) is 9.47 Å². The number of aliphatic hydroxyl groups excluding tert-OH is 1. The van der Waals surface area contributed by atoms with Crippen LogP contribution in [0.25, 0.3) is 0 Å². The van der Waals surface area contributed by atoms with Gasteiger partial charge in [-0.1, -0.05) is 25.0 Å². The van der Waals surface area contributed by atoms with E-state index in [0.717, 1.165) is 49.8 Å². The molecule has 0 amide bonds. The van der Waals surface area contributed by atoms with Gasteiger partial charge in [-0.15, -0.1) is 0 Å². The zero-order valence-corrected chi connectivity index (χ0v) is 11.5. The van der Waals surface area contributed by atoms with Gasteiger partial charge in [-0.25, -0.2) is 0 Å². The molecule has 3 rings (SSSR count). The number of aliphatic hydroxyl groups is 1. The maximum absolute atomic E-state index is 10.6. The smallest absolute Gasteiger partial charge is 0.119 e. The van der Waals surface area contributed by atoms with Crippen LogP contribution in [0.15, 0.2) is 24.3 Å². The molecule has 104 valence electrons. The third-order valence-corrected chi connectivity index (χ3v) is 4.38. The van der Waals surface area contributed by atoms with Crippen molar-refractivity contribution in [1.29, 1.82) is 0 Å². The molecule has 0 bridgehead atoms. The molecular formula is C16H22O3. The average molecular weight is 262 g/mol. The van der Waals surface area contributed by atoms with Crippen LogP contribution in [0.3, 0.4) is 0 Å². The summed E-state index contributed by atoms with van der Waals surface area (Å²) in [4.78, 5) is 0. The van der Waals surface area contributed by atoms with Crippen LogP contribution in [-0.4, -0.2) is 23.9 Å².